The Bertz CT molecular complexity index is 684. The number of nitrogens with one attached hydrogen (secondary N) is 2. The molecule has 2 aromatic carbocycles. The van der Waals surface area contributed by atoms with Gasteiger partial charge in [0.15, 0.2) is 5.11 Å². The number of rotatable bonds is 5. The second kappa shape index (κ2) is 8.36. The zero-order valence-corrected chi connectivity index (χ0v) is 15.2. The van der Waals surface area contributed by atoms with E-state index in [-0.39, 0.29) is 0 Å². The number of anilines is 2. The van der Waals surface area contributed by atoms with Gasteiger partial charge in [-0.3, -0.25) is 0 Å². The Morgan fingerprint density at radius 3 is 2.58 bits per heavy atom. The highest BCUT2D eigenvalue weighted by Crippen LogP contribution is 2.31. The van der Waals surface area contributed by atoms with Crippen LogP contribution in [-0.4, -0.2) is 24.7 Å². The van der Waals surface area contributed by atoms with Crippen molar-refractivity contribution < 1.29 is 0 Å². The Morgan fingerprint density at radius 2 is 1.83 bits per heavy atom. The van der Waals surface area contributed by atoms with Gasteiger partial charge < -0.3 is 15.5 Å². The number of thiocarbonyl (C=S) groups is 1. The normalized spacial score (nSPS) is 13.8. The molecule has 24 heavy (non-hydrogen) atoms. The van der Waals surface area contributed by atoms with Crippen molar-refractivity contribution in [2.24, 2.45) is 0 Å². The van der Waals surface area contributed by atoms with Gasteiger partial charge in [-0.25, -0.2) is 0 Å². The van der Waals surface area contributed by atoms with E-state index in [9.17, 15) is 0 Å². The average Bonchev–Trinajstić information content (AvgIpc) is 3.10. The zero-order chi connectivity index (χ0) is 16.8. The summed E-state index contributed by atoms with van der Waals surface area (Å²) in [6.45, 7) is 2.98. The van der Waals surface area contributed by atoms with Crippen molar-refractivity contribution >= 4 is 40.3 Å². The number of benzene rings is 2. The molecule has 1 heterocycles. The van der Waals surface area contributed by atoms with Crippen molar-refractivity contribution in [3.8, 4) is 0 Å². The van der Waals surface area contributed by atoms with Gasteiger partial charge in [0.1, 0.15) is 0 Å². The second-order valence-electron chi connectivity index (χ2n) is 5.97. The van der Waals surface area contributed by atoms with Crippen LogP contribution in [0.15, 0.2) is 48.5 Å². The summed E-state index contributed by atoms with van der Waals surface area (Å²) in [5.74, 6) is 0. The zero-order valence-electron chi connectivity index (χ0n) is 13.6. The highest BCUT2D eigenvalue weighted by Gasteiger charge is 2.16. The van der Waals surface area contributed by atoms with Crippen LogP contribution >= 0.6 is 23.8 Å². The SMILES string of the molecule is S=C(NCCc1ccccc1)Nc1cc(Cl)ccc1N1CCCC1. The number of halogens is 1. The highest BCUT2D eigenvalue weighted by molar-refractivity contribution is 7.80. The lowest BCUT2D eigenvalue weighted by Crippen LogP contribution is -2.31. The van der Waals surface area contributed by atoms with Crippen molar-refractivity contribution in [3.63, 3.8) is 0 Å². The Kier molecular flexibility index (Phi) is 5.94. The minimum atomic E-state index is 0.633. The molecule has 0 aliphatic carbocycles. The maximum Gasteiger partial charge on any atom is 0.170 e. The van der Waals surface area contributed by atoms with Crippen molar-refractivity contribution in [1.82, 2.24) is 5.32 Å². The van der Waals surface area contributed by atoms with E-state index in [0.717, 1.165) is 31.7 Å². The molecule has 2 aromatic rings. The molecule has 5 heteroatoms. The number of hydrogen-bond acceptors (Lipinski definition) is 2. The standard InChI is InChI=1S/C19H22ClN3S/c20-16-8-9-18(23-12-4-5-13-23)17(14-16)22-19(24)21-11-10-15-6-2-1-3-7-15/h1-3,6-9,14H,4-5,10-13H2,(H2,21,22,24). The molecule has 0 amide bonds. The van der Waals surface area contributed by atoms with Crippen LogP contribution in [0.2, 0.25) is 5.02 Å². The third kappa shape index (κ3) is 4.62. The van der Waals surface area contributed by atoms with Crippen LogP contribution in [0.3, 0.4) is 0 Å². The molecule has 3 nitrogen and oxygen atoms in total. The predicted octanol–water partition coefficient (Wildman–Crippen LogP) is 4.47. The van der Waals surface area contributed by atoms with Crippen LogP contribution in [0.5, 0.6) is 0 Å². The molecule has 0 bridgehead atoms. The van der Waals surface area contributed by atoms with Gasteiger partial charge in [0.2, 0.25) is 0 Å². The van der Waals surface area contributed by atoms with Crippen molar-refractivity contribution in [1.29, 1.82) is 0 Å². The Labute approximate surface area is 154 Å². The average molecular weight is 360 g/mol. The predicted molar refractivity (Wildman–Crippen MR) is 107 cm³/mol. The van der Waals surface area contributed by atoms with Crippen molar-refractivity contribution in [2.75, 3.05) is 29.9 Å². The lowest BCUT2D eigenvalue weighted by molar-refractivity contribution is 0.873. The second-order valence-corrected chi connectivity index (χ2v) is 6.82. The maximum atomic E-state index is 6.17. The number of nitrogens with zero attached hydrogens (tertiary/aromatic N) is 1. The molecular weight excluding hydrogens is 338 g/mol. The summed E-state index contributed by atoms with van der Waals surface area (Å²) in [5, 5.41) is 7.93. The molecule has 1 saturated heterocycles. The van der Waals surface area contributed by atoms with Gasteiger partial charge >= 0.3 is 0 Å². The summed E-state index contributed by atoms with van der Waals surface area (Å²) in [5.41, 5.74) is 3.44. The molecule has 0 atom stereocenters. The fourth-order valence-electron chi connectivity index (χ4n) is 2.97. The summed E-state index contributed by atoms with van der Waals surface area (Å²) in [6.07, 6.45) is 3.42. The van der Waals surface area contributed by atoms with E-state index in [0.29, 0.717) is 10.1 Å². The van der Waals surface area contributed by atoms with E-state index in [1.54, 1.807) is 0 Å². The van der Waals surface area contributed by atoms with E-state index in [1.165, 1.54) is 24.1 Å². The molecule has 2 N–H and O–H groups in total. The molecule has 3 rings (SSSR count). The summed E-state index contributed by atoms with van der Waals surface area (Å²) >= 11 is 11.6. The van der Waals surface area contributed by atoms with Gasteiger partial charge in [-0.1, -0.05) is 41.9 Å². The smallest absolute Gasteiger partial charge is 0.170 e. The Hall–Kier alpha value is -1.78. The fraction of sp³-hybridized carbons (Fsp3) is 0.316. The van der Waals surface area contributed by atoms with E-state index in [1.807, 2.05) is 18.2 Å². The maximum absolute atomic E-state index is 6.17. The molecule has 0 spiro atoms. The summed E-state index contributed by atoms with van der Waals surface area (Å²) < 4.78 is 0. The minimum Gasteiger partial charge on any atom is -0.370 e. The first-order chi connectivity index (χ1) is 11.7. The van der Waals surface area contributed by atoms with Crippen LogP contribution in [0.25, 0.3) is 0 Å². The van der Waals surface area contributed by atoms with E-state index >= 15 is 0 Å². The van der Waals surface area contributed by atoms with Crippen LogP contribution in [0.1, 0.15) is 18.4 Å². The Balaban J connectivity index is 1.58. The molecule has 0 unspecified atom stereocenters. The van der Waals surface area contributed by atoms with E-state index < -0.39 is 0 Å². The van der Waals surface area contributed by atoms with Gasteiger partial charge in [-0.2, -0.15) is 0 Å². The molecule has 0 saturated carbocycles. The monoisotopic (exact) mass is 359 g/mol. The topological polar surface area (TPSA) is 27.3 Å². The van der Waals surface area contributed by atoms with Gasteiger partial charge in [0.05, 0.1) is 11.4 Å². The first kappa shape index (κ1) is 17.1. The van der Waals surface area contributed by atoms with Gasteiger partial charge in [0, 0.05) is 24.7 Å². The minimum absolute atomic E-state index is 0.633. The highest BCUT2D eigenvalue weighted by atomic mass is 35.5. The lowest BCUT2D eigenvalue weighted by atomic mass is 10.1. The van der Waals surface area contributed by atoms with Crippen molar-refractivity contribution in [3.05, 3.63) is 59.1 Å². The van der Waals surface area contributed by atoms with Crippen LogP contribution in [0.4, 0.5) is 11.4 Å². The van der Waals surface area contributed by atoms with Gasteiger partial charge in [-0.15, -0.1) is 0 Å². The number of hydrogen-bond donors (Lipinski definition) is 2. The lowest BCUT2D eigenvalue weighted by Gasteiger charge is -2.22. The largest absolute Gasteiger partial charge is 0.370 e. The van der Waals surface area contributed by atoms with E-state index in [2.05, 4.69) is 45.9 Å². The van der Waals surface area contributed by atoms with Crippen molar-refractivity contribution in [2.45, 2.75) is 19.3 Å². The third-order valence-electron chi connectivity index (χ3n) is 4.20. The van der Waals surface area contributed by atoms with Gasteiger partial charge in [0.25, 0.3) is 0 Å². The van der Waals surface area contributed by atoms with Crippen LogP contribution in [0, 0.1) is 0 Å². The van der Waals surface area contributed by atoms with Gasteiger partial charge in [-0.05, 0) is 55.2 Å². The molecule has 0 radical (unpaired) electrons. The fourth-order valence-corrected chi connectivity index (χ4v) is 3.36. The first-order valence-corrected chi connectivity index (χ1v) is 9.14. The molecule has 1 aliphatic rings. The first-order valence-electron chi connectivity index (χ1n) is 8.35. The van der Waals surface area contributed by atoms with E-state index in [4.69, 9.17) is 23.8 Å². The molecular formula is C19H22ClN3S. The summed E-state index contributed by atoms with van der Waals surface area (Å²) in [6, 6.07) is 16.3. The third-order valence-corrected chi connectivity index (χ3v) is 4.68. The molecule has 126 valence electrons. The molecule has 0 aromatic heterocycles. The van der Waals surface area contributed by atoms with Crippen LogP contribution in [-0.2, 0) is 6.42 Å². The van der Waals surface area contributed by atoms with Crippen LogP contribution < -0.4 is 15.5 Å². The molecule has 1 fully saturated rings. The quantitative estimate of drug-likeness (QED) is 0.770. The molecule has 1 aliphatic heterocycles. The Morgan fingerprint density at radius 1 is 1.08 bits per heavy atom. The summed E-state index contributed by atoms with van der Waals surface area (Å²) in [7, 11) is 0. The summed E-state index contributed by atoms with van der Waals surface area (Å²) in [4.78, 5) is 2.38.